The van der Waals surface area contributed by atoms with Gasteiger partial charge in [-0.15, -0.1) is 24.0 Å². The maximum absolute atomic E-state index is 5.47. The molecule has 3 aromatic rings. The molecule has 0 atom stereocenters. The summed E-state index contributed by atoms with van der Waals surface area (Å²) in [7, 11) is 3.42. The summed E-state index contributed by atoms with van der Waals surface area (Å²) >= 11 is 0. The topological polar surface area (TPSA) is 83.6 Å². The van der Waals surface area contributed by atoms with Crippen molar-refractivity contribution in [2.24, 2.45) is 4.99 Å². The van der Waals surface area contributed by atoms with Crippen molar-refractivity contribution < 1.29 is 9.47 Å². The number of hydrogen-bond acceptors (Lipinski definition) is 4. The highest BCUT2D eigenvalue weighted by molar-refractivity contribution is 14.0. The average Bonchev–Trinajstić information content (AvgIpc) is 3.15. The normalized spacial score (nSPS) is 11.2. The molecular weight excluding hydrogens is 481 g/mol. The first-order valence-corrected chi connectivity index (χ1v) is 9.36. The molecule has 0 bridgehead atoms. The number of hydrogen-bond donors (Lipinski definition) is 3. The van der Waals surface area contributed by atoms with Crippen LogP contribution < -0.4 is 15.4 Å². The van der Waals surface area contributed by atoms with E-state index in [-0.39, 0.29) is 24.0 Å². The van der Waals surface area contributed by atoms with Crippen molar-refractivity contribution in [2.45, 2.75) is 13.0 Å². The molecule has 0 saturated carbocycles. The number of aromatic amines is 1. The van der Waals surface area contributed by atoms with E-state index in [0.29, 0.717) is 25.6 Å². The molecule has 2 aromatic heterocycles. The zero-order chi connectivity index (χ0) is 19.6. The molecule has 29 heavy (non-hydrogen) atoms. The third kappa shape index (κ3) is 6.90. The summed E-state index contributed by atoms with van der Waals surface area (Å²) in [6.45, 7) is 2.48. The Kier molecular flexibility index (Phi) is 9.72. The molecule has 0 spiro atoms. The van der Waals surface area contributed by atoms with Crippen LogP contribution in [0.25, 0.3) is 10.9 Å². The van der Waals surface area contributed by atoms with Gasteiger partial charge in [-0.25, -0.2) is 4.98 Å². The number of methoxy groups -OCH3 is 1. The van der Waals surface area contributed by atoms with E-state index in [1.807, 2.05) is 18.2 Å². The average molecular weight is 509 g/mol. The van der Waals surface area contributed by atoms with Crippen LogP contribution in [0, 0.1) is 0 Å². The fourth-order valence-corrected chi connectivity index (χ4v) is 2.89. The number of para-hydroxylation sites is 1. The van der Waals surface area contributed by atoms with Gasteiger partial charge in [-0.1, -0.05) is 24.3 Å². The van der Waals surface area contributed by atoms with Crippen molar-refractivity contribution in [1.29, 1.82) is 0 Å². The number of benzene rings is 1. The van der Waals surface area contributed by atoms with E-state index in [2.05, 4.69) is 50.0 Å². The lowest BCUT2D eigenvalue weighted by atomic mass is 10.1. The van der Waals surface area contributed by atoms with Crippen molar-refractivity contribution >= 4 is 40.8 Å². The van der Waals surface area contributed by atoms with Crippen molar-refractivity contribution in [2.75, 3.05) is 33.9 Å². The molecule has 0 saturated heterocycles. The molecule has 7 nitrogen and oxygen atoms in total. The van der Waals surface area contributed by atoms with E-state index < -0.39 is 0 Å². The van der Waals surface area contributed by atoms with Crippen molar-refractivity contribution in [1.82, 2.24) is 20.6 Å². The Morgan fingerprint density at radius 1 is 1.14 bits per heavy atom. The molecule has 2 heterocycles. The fraction of sp³-hybridized carbons (Fsp3) is 0.333. The number of nitrogens with zero attached hydrogens (tertiary/aromatic N) is 2. The highest BCUT2D eigenvalue weighted by Crippen LogP contribution is 2.17. The van der Waals surface area contributed by atoms with Crippen LogP contribution in [0.5, 0.6) is 5.88 Å². The Hall–Kier alpha value is -2.33. The summed E-state index contributed by atoms with van der Waals surface area (Å²) in [5, 5.41) is 7.93. The summed E-state index contributed by atoms with van der Waals surface area (Å²) in [5.41, 5.74) is 3.52. The quantitative estimate of drug-likeness (QED) is 0.179. The Bertz CT molecular complexity index is 895. The van der Waals surface area contributed by atoms with Gasteiger partial charge in [0, 0.05) is 56.6 Å². The van der Waals surface area contributed by atoms with Gasteiger partial charge < -0.3 is 25.1 Å². The molecule has 0 aliphatic heterocycles. The van der Waals surface area contributed by atoms with Crippen LogP contribution in [-0.4, -0.2) is 49.8 Å². The van der Waals surface area contributed by atoms with Crippen LogP contribution in [0.1, 0.15) is 11.1 Å². The summed E-state index contributed by atoms with van der Waals surface area (Å²) in [5.74, 6) is 1.36. The molecule has 0 aliphatic carbocycles. The second-order valence-electron chi connectivity index (χ2n) is 6.31. The van der Waals surface area contributed by atoms with Gasteiger partial charge in [0.1, 0.15) is 6.61 Å². The number of aromatic nitrogens is 2. The minimum absolute atomic E-state index is 0. The van der Waals surface area contributed by atoms with Gasteiger partial charge >= 0.3 is 0 Å². The van der Waals surface area contributed by atoms with Crippen LogP contribution in [0.15, 0.2) is 53.8 Å². The van der Waals surface area contributed by atoms with Gasteiger partial charge in [-0.2, -0.15) is 0 Å². The monoisotopic (exact) mass is 509 g/mol. The van der Waals surface area contributed by atoms with Crippen molar-refractivity contribution in [3.05, 3.63) is 59.9 Å². The number of nitrogens with one attached hydrogen (secondary N) is 3. The fourth-order valence-electron chi connectivity index (χ4n) is 2.89. The SMILES string of the molecule is CN=C(NCCc1c[nH]c2ccccc12)NCc1ccc(OCCOC)nc1.I. The number of aliphatic imine (C=N–C) groups is 1. The number of rotatable bonds is 9. The summed E-state index contributed by atoms with van der Waals surface area (Å²) in [6, 6.07) is 12.2. The third-order valence-corrected chi connectivity index (χ3v) is 4.38. The molecule has 156 valence electrons. The number of H-pyrrole nitrogens is 1. The predicted octanol–water partition coefficient (Wildman–Crippen LogP) is 3.11. The number of ether oxygens (including phenoxy) is 2. The molecular formula is C21H28IN5O2. The first-order valence-electron chi connectivity index (χ1n) is 9.36. The number of pyridine rings is 1. The Labute approximate surface area is 188 Å². The summed E-state index contributed by atoms with van der Waals surface area (Å²) < 4.78 is 10.4. The molecule has 8 heteroatoms. The lowest BCUT2D eigenvalue weighted by Crippen LogP contribution is -2.37. The predicted molar refractivity (Wildman–Crippen MR) is 127 cm³/mol. The molecule has 3 N–H and O–H groups in total. The van der Waals surface area contributed by atoms with Gasteiger partial charge in [0.25, 0.3) is 0 Å². The standard InChI is InChI=1S/C21H27N5O2.HI/c1-22-21(23-10-9-17-15-24-19-6-4-3-5-18(17)19)26-14-16-7-8-20(25-13-16)28-12-11-27-2;/h3-8,13,15,24H,9-12,14H2,1-2H3,(H2,22,23,26);1H. The van der Waals surface area contributed by atoms with Gasteiger partial charge in [0.15, 0.2) is 5.96 Å². The van der Waals surface area contributed by atoms with Crippen molar-refractivity contribution in [3.63, 3.8) is 0 Å². The Balaban J connectivity index is 0.00000300. The highest BCUT2D eigenvalue weighted by atomic mass is 127. The second-order valence-corrected chi connectivity index (χ2v) is 6.31. The van der Waals surface area contributed by atoms with Gasteiger partial charge in [-0.3, -0.25) is 4.99 Å². The van der Waals surface area contributed by atoms with Crippen LogP contribution in [0.2, 0.25) is 0 Å². The lowest BCUT2D eigenvalue weighted by Gasteiger charge is -2.12. The minimum atomic E-state index is 0. The maximum atomic E-state index is 5.47. The van der Waals surface area contributed by atoms with E-state index in [1.54, 1.807) is 20.4 Å². The van der Waals surface area contributed by atoms with E-state index in [1.165, 1.54) is 16.5 Å². The first-order chi connectivity index (χ1) is 13.8. The molecule has 3 rings (SSSR count). The van der Waals surface area contributed by atoms with E-state index >= 15 is 0 Å². The Morgan fingerprint density at radius 2 is 2.00 bits per heavy atom. The Morgan fingerprint density at radius 3 is 2.76 bits per heavy atom. The smallest absolute Gasteiger partial charge is 0.213 e. The number of halogens is 1. The summed E-state index contributed by atoms with van der Waals surface area (Å²) in [4.78, 5) is 11.9. The lowest BCUT2D eigenvalue weighted by molar-refractivity contribution is 0.143. The van der Waals surface area contributed by atoms with Crippen LogP contribution in [-0.2, 0) is 17.7 Å². The zero-order valence-corrected chi connectivity index (χ0v) is 19.1. The van der Waals surface area contributed by atoms with Crippen LogP contribution in [0.3, 0.4) is 0 Å². The molecule has 0 fully saturated rings. The molecule has 0 amide bonds. The van der Waals surface area contributed by atoms with Gasteiger partial charge in [-0.05, 0) is 23.6 Å². The van der Waals surface area contributed by atoms with Gasteiger partial charge in [0.05, 0.1) is 6.61 Å². The molecule has 1 aromatic carbocycles. The maximum Gasteiger partial charge on any atom is 0.213 e. The highest BCUT2D eigenvalue weighted by Gasteiger charge is 2.04. The van der Waals surface area contributed by atoms with E-state index in [0.717, 1.165) is 24.5 Å². The van der Waals surface area contributed by atoms with Crippen molar-refractivity contribution in [3.8, 4) is 5.88 Å². The number of guanidine groups is 1. The zero-order valence-electron chi connectivity index (χ0n) is 16.8. The molecule has 0 unspecified atom stereocenters. The summed E-state index contributed by atoms with van der Waals surface area (Å²) in [6.07, 6.45) is 4.79. The second kappa shape index (κ2) is 12.3. The van der Waals surface area contributed by atoms with E-state index in [9.17, 15) is 0 Å². The largest absolute Gasteiger partial charge is 0.475 e. The molecule has 0 aliphatic rings. The van der Waals surface area contributed by atoms with Gasteiger partial charge in [0.2, 0.25) is 5.88 Å². The van der Waals surface area contributed by atoms with E-state index in [4.69, 9.17) is 9.47 Å². The first kappa shape index (κ1) is 23.0. The van der Waals surface area contributed by atoms with Crippen LogP contribution in [0.4, 0.5) is 0 Å². The minimum Gasteiger partial charge on any atom is -0.475 e. The number of fused-ring (bicyclic) bond motifs is 1. The molecule has 0 radical (unpaired) electrons. The van der Waals surface area contributed by atoms with Crippen LogP contribution >= 0.6 is 24.0 Å². The third-order valence-electron chi connectivity index (χ3n) is 4.38.